The minimum Gasteiger partial charge on any atom is -0.478 e. The number of hydrogen-bond donors (Lipinski definition) is 2. The fraction of sp³-hybridized carbons (Fsp3) is 0.619. The van der Waals surface area contributed by atoms with E-state index in [0.29, 0.717) is 11.8 Å². The molecule has 0 spiro atoms. The van der Waals surface area contributed by atoms with Crippen LogP contribution < -0.4 is 0 Å². The zero-order valence-electron chi connectivity index (χ0n) is 14.7. The second-order valence-electron chi connectivity index (χ2n) is 7.73. The van der Waals surface area contributed by atoms with E-state index in [9.17, 15) is 19.8 Å². The molecule has 25 heavy (non-hydrogen) atoms. The highest BCUT2D eigenvalue weighted by atomic mass is 16.4. The number of benzene rings is 1. The molecule has 0 saturated heterocycles. The third-order valence-corrected chi connectivity index (χ3v) is 6.21. The fourth-order valence-electron chi connectivity index (χ4n) is 5.04. The first kappa shape index (κ1) is 18.0. The first-order valence-corrected chi connectivity index (χ1v) is 9.68. The first-order chi connectivity index (χ1) is 12.1. The molecule has 0 aliphatic heterocycles. The molecule has 3 rings (SSSR count). The Morgan fingerprint density at radius 1 is 0.800 bits per heavy atom. The van der Waals surface area contributed by atoms with E-state index in [2.05, 4.69) is 0 Å². The quantitative estimate of drug-likeness (QED) is 0.757. The smallest absolute Gasteiger partial charge is 0.335 e. The van der Waals surface area contributed by atoms with E-state index in [4.69, 9.17) is 0 Å². The van der Waals surface area contributed by atoms with Gasteiger partial charge in [-0.15, -0.1) is 0 Å². The topological polar surface area (TPSA) is 74.6 Å². The predicted octanol–water partition coefficient (Wildman–Crippen LogP) is 5.33. The SMILES string of the molecule is O=C(O)c1ccc(C(C2CCCCC2)C2CCCCC2)c(C(=O)O)c1. The lowest BCUT2D eigenvalue weighted by Gasteiger charge is -2.39. The average molecular weight is 344 g/mol. The molecule has 0 heterocycles. The van der Waals surface area contributed by atoms with Crippen molar-refractivity contribution in [2.45, 2.75) is 70.1 Å². The lowest BCUT2D eigenvalue weighted by atomic mass is 9.66. The van der Waals surface area contributed by atoms with E-state index in [1.165, 1.54) is 70.3 Å². The largest absolute Gasteiger partial charge is 0.478 e. The van der Waals surface area contributed by atoms with Crippen LogP contribution in [0.4, 0.5) is 0 Å². The molecule has 1 aromatic rings. The van der Waals surface area contributed by atoms with Crippen LogP contribution in [0.3, 0.4) is 0 Å². The van der Waals surface area contributed by atoms with Crippen LogP contribution in [-0.4, -0.2) is 22.2 Å². The molecule has 0 bridgehead atoms. The third kappa shape index (κ3) is 4.05. The van der Waals surface area contributed by atoms with E-state index in [0.717, 1.165) is 5.56 Å². The third-order valence-electron chi connectivity index (χ3n) is 6.21. The van der Waals surface area contributed by atoms with Crippen molar-refractivity contribution in [3.05, 3.63) is 34.9 Å². The van der Waals surface area contributed by atoms with Gasteiger partial charge in [0.05, 0.1) is 11.1 Å². The monoisotopic (exact) mass is 344 g/mol. The Kier molecular flexibility index (Phi) is 5.77. The Balaban J connectivity index is 2.01. The molecule has 2 N–H and O–H groups in total. The minimum atomic E-state index is -1.07. The Hall–Kier alpha value is -1.84. The van der Waals surface area contributed by atoms with Gasteiger partial charge in [-0.2, -0.15) is 0 Å². The van der Waals surface area contributed by atoms with Crippen LogP contribution in [0.15, 0.2) is 18.2 Å². The summed E-state index contributed by atoms with van der Waals surface area (Å²) < 4.78 is 0. The van der Waals surface area contributed by atoms with E-state index in [1.807, 2.05) is 0 Å². The van der Waals surface area contributed by atoms with Crippen molar-refractivity contribution in [1.82, 2.24) is 0 Å². The second kappa shape index (κ2) is 8.03. The van der Waals surface area contributed by atoms with Gasteiger partial charge in [0.1, 0.15) is 0 Å². The fourth-order valence-corrected chi connectivity index (χ4v) is 5.04. The van der Waals surface area contributed by atoms with Crippen molar-refractivity contribution in [1.29, 1.82) is 0 Å². The van der Waals surface area contributed by atoms with Crippen LogP contribution in [0.25, 0.3) is 0 Å². The van der Waals surface area contributed by atoms with Crippen LogP contribution in [0.2, 0.25) is 0 Å². The van der Waals surface area contributed by atoms with Gasteiger partial charge in [-0.3, -0.25) is 0 Å². The predicted molar refractivity (Wildman–Crippen MR) is 96.3 cm³/mol. The highest BCUT2D eigenvalue weighted by molar-refractivity contribution is 5.95. The van der Waals surface area contributed by atoms with Crippen molar-refractivity contribution in [2.24, 2.45) is 11.8 Å². The van der Waals surface area contributed by atoms with Crippen molar-refractivity contribution in [2.75, 3.05) is 0 Å². The number of carboxylic acid groups (broad SMARTS) is 2. The summed E-state index contributed by atoms with van der Waals surface area (Å²) in [5, 5.41) is 18.9. The molecule has 1 aromatic carbocycles. The summed E-state index contributed by atoms with van der Waals surface area (Å²) in [4.78, 5) is 23.1. The molecule has 0 radical (unpaired) electrons. The molecule has 2 aliphatic rings. The van der Waals surface area contributed by atoms with Gasteiger partial charge in [-0.05, 0) is 61.1 Å². The number of aromatic carboxylic acids is 2. The van der Waals surface area contributed by atoms with Crippen LogP contribution in [0.5, 0.6) is 0 Å². The number of rotatable bonds is 5. The van der Waals surface area contributed by atoms with Crippen LogP contribution in [0, 0.1) is 11.8 Å². The minimum absolute atomic E-state index is 0.0622. The standard InChI is InChI=1S/C21H28O4/c22-20(23)16-11-12-17(18(13-16)21(24)25)19(14-7-3-1-4-8-14)15-9-5-2-6-10-15/h11-15,19H,1-10H2,(H,22,23)(H,24,25). The van der Waals surface area contributed by atoms with Gasteiger partial charge in [-0.1, -0.05) is 44.6 Å². The van der Waals surface area contributed by atoms with Gasteiger partial charge in [0.2, 0.25) is 0 Å². The molecule has 2 fully saturated rings. The summed E-state index contributed by atoms with van der Waals surface area (Å²) in [5.41, 5.74) is 1.13. The van der Waals surface area contributed by atoms with E-state index < -0.39 is 11.9 Å². The summed E-state index contributed by atoms with van der Waals surface area (Å²) in [6.45, 7) is 0. The molecule has 0 aromatic heterocycles. The van der Waals surface area contributed by atoms with Gasteiger partial charge in [0.25, 0.3) is 0 Å². The molecular weight excluding hydrogens is 316 g/mol. The highest BCUT2D eigenvalue weighted by Crippen LogP contribution is 2.46. The summed E-state index contributed by atoms with van der Waals surface area (Å²) in [6, 6.07) is 4.74. The van der Waals surface area contributed by atoms with Crippen LogP contribution in [-0.2, 0) is 0 Å². The van der Waals surface area contributed by atoms with E-state index in [1.54, 1.807) is 12.1 Å². The van der Waals surface area contributed by atoms with E-state index >= 15 is 0 Å². The number of carboxylic acids is 2. The Bertz CT molecular complexity index is 607. The van der Waals surface area contributed by atoms with Gasteiger partial charge < -0.3 is 10.2 Å². The van der Waals surface area contributed by atoms with E-state index in [-0.39, 0.29) is 17.0 Å². The van der Waals surface area contributed by atoms with Crippen molar-refractivity contribution < 1.29 is 19.8 Å². The summed E-state index contributed by atoms with van der Waals surface area (Å²) in [5.74, 6) is -0.749. The molecule has 0 atom stereocenters. The molecular formula is C21H28O4. The zero-order chi connectivity index (χ0) is 17.8. The average Bonchev–Trinajstić information content (AvgIpc) is 2.63. The van der Waals surface area contributed by atoms with Gasteiger partial charge >= 0.3 is 11.9 Å². The molecule has 2 aliphatic carbocycles. The number of hydrogen-bond acceptors (Lipinski definition) is 2. The molecule has 0 amide bonds. The maximum Gasteiger partial charge on any atom is 0.335 e. The maximum absolute atomic E-state index is 11.9. The Labute approximate surface area is 149 Å². The molecule has 136 valence electrons. The summed E-state index contributed by atoms with van der Waals surface area (Å²) >= 11 is 0. The molecule has 0 unspecified atom stereocenters. The van der Waals surface area contributed by atoms with Crippen molar-refractivity contribution >= 4 is 11.9 Å². The Morgan fingerprint density at radius 2 is 1.32 bits per heavy atom. The molecule has 2 saturated carbocycles. The maximum atomic E-state index is 11.9. The highest BCUT2D eigenvalue weighted by Gasteiger charge is 2.35. The molecule has 4 heteroatoms. The van der Waals surface area contributed by atoms with Crippen molar-refractivity contribution in [3.8, 4) is 0 Å². The number of carbonyl (C=O) groups is 2. The zero-order valence-corrected chi connectivity index (χ0v) is 14.7. The summed E-state index contributed by atoms with van der Waals surface area (Å²) in [6.07, 6.45) is 12.1. The second-order valence-corrected chi connectivity index (χ2v) is 7.73. The van der Waals surface area contributed by atoms with Crippen LogP contribution >= 0.6 is 0 Å². The Morgan fingerprint density at radius 3 is 1.76 bits per heavy atom. The lowest BCUT2D eigenvalue weighted by Crippen LogP contribution is -2.27. The van der Waals surface area contributed by atoms with Gasteiger partial charge in [0, 0.05) is 0 Å². The van der Waals surface area contributed by atoms with Crippen LogP contribution in [0.1, 0.15) is 96.4 Å². The first-order valence-electron chi connectivity index (χ1n) is 9.68. The summed E-state index contributed by atoms with van der Waals surface area (Å²) in [7, 11) is 0. The van der Waals surface area contributed by atoms with Crippen molar-refractivity contribution in [3.63, 3.8) is 0 Å². The molecule has 4 nitrogen and oxygen atoms in total. The normalized spacial score (nSPS) is 19.9. The van der Waals surface area contributed by atoms with Gasteiger partial charge in [-0.25, -0.2) is 9.59 Å². The lowest BCUT2D eigenvalue weighted by molar-refractivity contribution is 0.0692. The van der Waals surface area contributed by atoms with Gasteiger partial charge in [0.15, 0.2) is 0 Å².